The van der Waals surface area contributed by atoms with Crippen LogP contribution >= 0.6 is 0 Å². The lowest BCUT2D eigenvalue weighted by atomic mass is 9.99. The van der Waals surface area contributed by atoms with Crippen LogP contribution in [0.25, 0.3) is 0 Å². The lowest BCUT2D eigenvalue weighted by molar-refractivity contribution is 0.102. The Hall–Kier alpha value is -3.35. The van der Waals surface area contributed by atoms with E-state index in [0.717, 1.165) is 24.7 Å². The molecule has 1 aromatic heterocycles. The highest BCUT2D eigenvalue weighted by molar-refractivity contribution is 6.06. The van der Waals surface area contributed by atoms with Crippen molar-refractivity contribution >= 4 is 17.3 Å². The standard InChI is InChI=1S/C23H26N4O3/c1-16-11-13-27(14-12-16)19-9-7-18(8-10-19)25-23(28)20-5-3-4-6-21(20)29-15-22-24-17(2)30-26-22/h3-10,16H,11-15H2,1-2H3,(H,25,28). The fourth-order valence-electron chi connectivity index (χ4n) is 3.54. The second-order valence-corrected chi connectivity index (χ2v) is 7.69. The lowest BCUT2D eigenvalue weighted by Crippen LogP contribution is -2.32. The highest BCUT2D eigenvalue weighted by Crippen LogP contribution is 2.25. The van der Waals surface area contributed by atoms with Gasteiger partial charge in [-0.3, -0.25) is 4.79 Å². The van der Waals surface area contributed by atoms with Crippen molar-refractivity contribution < 1.29 is 14.1 Å². The Morgan fingerprint density at radius 1 is 1.17 bits per heavy atom. The van der Waals surface area contributed by atoms with E-state index in [9.17, 15) is 4.79 Å². The van der Waals surface area contributed by atoms with E-state index in [1.165, 1.54) is 18.5 Å². The van der Waals surface area contributed by atoms with Crippen LogP contribution in [0.2, 0.25) is 0 Å². The van der Waals surface area contributed by atoms with E-state index >= 15 is 0 Å². The second kappa shape index (κ2) is 8.98. The van der Waals surface area contributed by atoms with Gasteiger partial charge in [-0.2, -0.15) is 4.98 Å². The first-order chi connectivity index (χ1) is 14.6. The van der Waals surface area contributed by atoms with E-state index in [1.807, 2.05) is 18.2 Å². The molecule has 0 bridgehead atoms. The summed E-state index contributed by atoms with van der Waals surface area (Å²) in [6, 6.07) is 15.1. The number of nitrogens with one attached hydrogen (secondary N) is 1. The third-order valence-corrected chi connectivity index (χ3v) is 5.33. The fraction of sp³-hybridized carbons (Fsp3) is 0.348. The molecule has 30 heavy (non-hydrogen) atoms. The van der Waals surface area contributed by atoms with Crippen molar-refractivity contribution in [3.8, 4) is 5.75 Å². The quantitative estimate of drug-likeness (QED) is 0.652. The molecule has 2 heterocycles. The SMILES string of the molecule is Cc1nc(COc2ccccc2C(=O)Nc2ccc(N3CCC(C)CC3)cc2)no1. The van der Waals surface area contributed by atoms with Crippen molar-refractivity contribution in [2.45, 2.75) is 33.3 Å². The molecule has 2 aromatic carbocycles. The smallest absolute Gasteiger partial charge is 0.259 e. The number of para-hydroxylation sites is 1. The summed E-state index contributed by atoms with van der Waals surface area (Å²) in [4.78, 5) is 19.3. The predicted molar refractivity (Wildman–Crippen MR) is 115 cm³/mol. The van der Waals surface area contributed by atoms with Gasteiger partial charge in [-0.05, 0) is 55.2 Å². The maximum atomic E-state index is 12.8. The second-order valence-electron chi connectivity index (χ2n) is 7.69. The Bertz CT molecular complexity index is 992. The number of carbonyl (C=O) groups is 1. The number of carbonyl (C=O) groups excluding carboxylic acids is 1. The lowest BCUT2D eigenvalue weighted by Gasteiger charge is -2.32. The van der Waals surface area contributed by atoms with Gasteiger partial charge in [0.2, 0.25) is 11.7 Å². The normalized spacial score (nSPS) is 14.5. The number of piperidine rings is 1. The van der Waals surface area contributed by atoms with Gasteiger partial charge in [0.15, 0.2) is 6.61 Å². The van der Waals surface area contributed by atoms with Gasteiger partial charge in [-0.15, -0.1) is 0 Å². The number of ether oxygens (including phenoxy) is 1. The van der Waals surface area contributed by atoms with Crippen LogP contribution in [-0.4, -0.2) is 29.1 Å². The number of hydrogen-bond acceptors (Lipinski definition) is 6. The molecule has 1 aliphatic rings. The Morgan fingerprint density at radius 2 is 1.90 bits per heavy atom. The van der Waals surface area contributed by atoms with Gasteiger partial charge < -0.3 is 19.5 Å². The van der Waals surface area contributed by atoms with Crippen molar-refractivity contribution in [1.29, 1.82) is 0 Å². The van der Waals surface area contributed by atoms with Gasteiger partial charge in [-0.1, -0.05) is 24.2 Å². The number of nitrogens with zero attached hydrogens (tertiary/aromatic N) is 3. The Morgan fingerprint density at radius 3 is 2.60 bits per heavy atom. The van der Waals surface area contributed by atoms with Crippen LogP contribution in [0.5, 0.6) is 5.75 Å². The van der Waals surface area contributed by atoms with Crippen LogP contribution in [0, 0.1) is 12.8 Å². The summed E-state index contributed by atoms with van der Waals surface area (Å²) in [6.45, 7) is 6.31. The van der Waals surface area contributed by atoms with E-state index in [4.69, 9.17) is 9.26 Å². The largest absolute Gasteiger partial charge is 0.485 e. The maximum absolute atomic E-state index is 12.8. The molecule has 0 radical (unpaired) electrons. The summed E-state index contributed by atoms with van der Waals surface area (Å²) in [6.07, 6.45) is 2.44. The molecule has 0 atom stereocenters. The number of hydrogen-bond donors (Lipinski definition) is 1. The molecule has 1 saturated heterocycles. The molecule has 7 nitrogen and oxygen atoms in total. The molecular weight excluding hydrogens is 380 g/mol. The van der Waals surface area contributed by atoms with E-state index in [0.29, 0.717) is 23.0 Å². The van der Waals surface area contributed by atoms with Gasteiger partial charge in [0.1, 0.15) is 5.75 Å². The summed E-state index contributed by atoms with van der Waals surface area (Å²) in [5.74, 6) is 1.95. The van der Waals surface area contributed by atoms with E-state index in [-0.39, 0.29) is 12.5 Å². The molecule has 1 fully saturated rings. The molecule has 0 unspecified atom stereocenters. The molecule has 1 aliphatic heterocycles. The van der Waals surface area contributed by atoms with Gasteiger partial charge in [0.05, 0.1) is 5.56 Å². The number of rotatable bonds is 6. The average molecular weight is 406 g/mol. The highest BCUT2D eigenvalue weighted by atomic mass is 16.5. The minimum absolute atomic E-state index is 0.130. The molecular formula is C23H26N4O3. The van der Waals surface area contributed by atoms with E-state index < -0.39 is 0 Å². The van der Waals surface area contributed by atoms with Crippen LogP contribution in [0.4, 0.5) is 11.4 Å². The molecule has 4 rings (SSSR count). The van der Waals surface area contributed by atoms with Crippen LogP contribution in [-0.2, 0) is 6.61 Å². The van der Waals surface area contributed by atoms with Crippen molar-refractivity contribution in [1.82, 2.24) is 10.1 Å². The first kappa shape index (κ1) is 19.9. The number of aryl methyl sites for hydroxylation is 1. The van der Waals surface area contributed by atoms with Crippen LogP contribution in [0.1, 0.15) is 41.8 Å². The molecule has 0 saturated carbocycles. The minimum atomic E-state index is -0.227. The molecule has 156 valence electrons. The van der Waals surface area contributed by atoms with E-state index in [1.54, 1.807) is 25.1 Å². The predicted octanol–water partition coefficient (Wildman–Crippen LogP) is 4.45. The van der Waals surface area contributed by atoms with Crippen molar-refractivity contribution in [3.63, 3.8) is 0 Å². The Kier molecular flexibility index (Phi) is 5.97. The number of aromatic nitrogens is 2. The summed E-state index contributed by atoms with van der Waals surface area (Å²) < 4.78 is 10.7. The molecule has 3 aromatic rings. The van der Waals surface area contributed by atoms with Gasteiger partial charge in [0, 0.05) is 31.4 Å². The van der Waals surface area contributed by atoms with Gasteiger partial charge >= 0.3 is 0 Å². The molecule has 1 amide bonds. The zero-order chi connectivity index (χ0) is 20.9. The highest BCUT2D eigenvalue weighted by Gasteiger charge is 2.17. The first-order valence-electron chi connectivity index (χ1n) is 10.3. The Balaban J connectivity index is 1.40. The summed E-state index contributed by atoms with van der Waals surface area (Å²) in [5, 5.41) is 6.76. The topological polar surface area (TPSA) is 80.5 Å². The molecule has 0 spiro atoms. The summed E-state index contributed by atoms with van der Waals surface area (Å²) in [7, 11) is 0. The van der Waals surface area contributed by atoms with Crippen molar-refractivity contribution in [3.05, 3.63) is 65.8 Å². The number of anilines is 2. The van der Waals surface area contributed by atoms with Crippen molar-refractivity contribution in [2.24, 2.45) is 5.92 Å². The molecule has 7 heteroatoms. The Labute approximate surface area is 176 Å². The third-order valence-electron chi connectivity index (χ3n) is 5.33. The first-order valence-corrected chi connectivity index (χ1v) is 10.3. The van der Waals surface area contributed by atoms with Crippen LogP contribution in [0.3, 0.4) is 0 Å². The van der Waals surface area contributed by atoms with Gasteiger partial charge in [-0.25, -0.2) is 0 Å². The minimum Gasteiger partial charge on any atom is -0.485 e. The monoisotopic (exact) mass is 406 g/mol. The maximum Gasteiger partial charge on any atom is 0.259 e. The number of benzene rings is 2. The summed E-state index contributed by atoms with van der Waals surface area (Å²) in [5.41, 5.74) is 2.39. The van der Waals surface area contributed by atoms with Crippen molar-refractivity contribution in [2.75, 3.05) is 23.3 Å². The zero-order valence-electron chi connectivity index (χ0n) is 17.3. The average Bonchev–Trinajstić information content (AvgIpc) is 3.19. The van der Waals surface area contributed by atoms with Gasteiger partial charge in [0.25, 0.3) is 5.91 Å². The summed E-state index contributed by atoms with van der Waals surface area (Å²) >= 11 is 0. The zero-order valence-corrected chi connectivity index (χ0v) is 17.3. The third kappa shape index (κ3) is 4.79. The van der Waals surface area contributed by atoms with Crippen LogP contribution in [0.15, 0.2) is 53.1 Å². The fourth-order valence-corrected chi connectivity index (χ4v) is 3.54. The van der Waals surface area contributed by atoms with Crippen LogP contribution < -0.4 is 15.0 Å². The molecule has 0 aliphatic carbocycles. The number of amides is 1. The molecule has 1 N–H and O–H groups in total. The van der Waals surface area contributed by atoms with E-state index in [2.05, 4.69) is 39.4 Å².